The van der Waals surface area contributed by atoms with Gasteiger partial charge in [-0.05, 0) is 29.3 Å². The van der Waals surface area contributed by atoms with Gasteiger partial charge in [0.2, 0.25) is 0 Å². The Morgan fingerprint density at radius 3 is 2.75 bits per heavy atom. The summed E-state index contributed by atoms with van der Waals surface area (Å²) in [4.78, 5) is 11.6. The van der Waals surface area contributed by atoms with Crippen LogP contribution in [-0.4, -0.2) is 17.7 Å². The van der Waals surface area contributed by atoms with Gasteiger partial charge in [-0.15, -0.1) is 0 Å². The number of ether oxygens (including phenoxy) is 1. The van der Waals surface area contributed by atoms with Crippen molar-refractivity contribution in [3.05, 3.63) is 69.7 Å². The molecule has 0 saturated heterocycles. The molecule has 0 heterocycles. The topological polar surface area (TPSA) is 58.6 Å². The molecule has 0 aromatic heterocycles. The first-order valence-corrected chi connectivity index (χ1v) is 8.31. The number of hydrogen-bond donors (Lipinski definition) is 2. The fraction of sp³-hybridized carbons (Fsp3) is 0.211. The van der Waals surface area contributed by atoms with Crippen LogP contribution in [0.15, 0.2) is 53.0 Å². The highest BCUT2D eigenvalue weighted by Crippen LogP contribution is 2.17. The van der Waals surface area contributed by atoms with E-state index in [1.54, 1.807) is 0 Å². The number of aliphatic hydroxyl groups is 1. The maximum atomic E-state index is 11.6. The van der Waals surface area contributed by atoms with E-state index in [1.807, 2.05) is 48.5 Å². The highest BCUT2D eigenvalue weighted by molar-refractivity contribution is 9.10. The molecule has 0 radical (unpaired) electrons. The molecule has 2 aromatic carbocycles. The highest BCUT2D eigenvalue weighted by Gasteiger charge is 2.01. The molecule has 1 amide bonds. The van der Waals surface area contributed by atoms with Crippen LogP contribution in [0.5, 0.6) is 0 Å². The summed E-state index contributed by atoms with van der Waals surface area (Å²) in [5, 5.41) is 11.9. The Morgan fingerprint density at radius 1 is 1.21 bits per heavy atom. The van der Waals surface area contributed by atoms with Crippen LogP contribution in [0.3, 0.4) is 0 Å². The summed E-state index contributed by atoms with van der Waals surface area (Å²) in [6.07, 6.45) is 0.0668. The zero-order valence-corrected chi connectivity index (χ0v) is 14.7. The third kappa shape index (κ3) is 6.07. The molecule has 0 spiro atoms. The molecule has 0 fully saturated rings. The molecule has 2 aromatic rings. The summed E-state index contributed by atoms with van der Waals surface area (Å²) in [6, 6.07) is 15.1. The van der Waals surface area contributed by atoms with Crippen LogP contribution in [0.1, 0.15) is 23.1 Å². The van der Waals surface area contributed by atoms with Gasteiger partial charge < -0.3 is 15.2 Å². The molecule has 0 aliphatic rings. The highest BCUT2D eigenvalue weighted by atomic mass is 79.9. The maximum Gasteiger partial charge on any atom is 0.407 e. The van der Waals surface area contributed by atoms with Gasteiger partial charge in [0.05, 0.1) is 6.61 Å². The summed E-state index contributed by atoms with van der Waals surface area (Å²) >= 11 is 3.36. The van der Waals surface area contributed by atoms with E-state index in [0.717, 1.165) is 21.2 Å². The van der Waals surface area contributed by atoms with E-state index in [2.05, 4.69) is 33.1 Å². The lowest BCUT2D eigenvalue weighted by Crippen LogP contribution is -2.24. The minimum Gasteiger partial charge on any atom is -0.445 e. The van der Waals surface area contributed by atoms with Crippen molar-refractivity contribution in [3.8, 4) is 11.8 Å². The number of carbonyl (C=O) groups is 1. The van der Waals surface area contributed by atoms with E-state index < -0.39 is 6.09 Å². The Hall–Kier alpha value is -2.29. The number of alkyl carbamates (subject to hydrolysis) is 1. The van der Waals surface area contributed by atoms with E-state index in [0.29, 0.717) is 13.0 Å². The average Bonchev–Trinajstić information content (AvgIpc) is 2.62. The Labute approximate surface area is 150 Å². The van der Waals surface area contributed by atoms with Crippen molar-refractivity contribution in [2.45, 2.75) is 19.6 Å². The Morgan fingerprint density at radius 2 is 2.00 bits per heavy atom. The molecule has 5 heteroatoms. The minimum atomic E-state index is -0.452. The molecular formula is C19H18BrNO3. The monoisotopic (exact) mass is 387 g/mol. The molecule has 0 bridgehead atoms. The van der Waals surface area contributed by atoms with Crippen LogP contribution < -0.4 is 5.32 Å². The zero-order chi connectivity index (χ0) is 17.2. The lowest BCUT2D eigenvalue weighted by Gasteiger charge is -2.05. The summed E-state index contributed by atoms with van der Waals surface area (Å²) in [6.45, 7) is 0.635. The van der Waals surface area contributed by atoms with Crippen LogP contribution in [-0.2, 0) is 18.0 Å². The van der Waals surface area contributed by atoms with Crippen molar-refractivity contribution in [1.29, 1.82) is 0 Å². The van der Waals surface area contributed by atoms with Crippen molar-refractivity contribution in [1.82, 2.24) is 5.32 Å². The minimum absolute atomic E-state index is 0.0368. The fourth-order valence-corrected chi connectivity index (χ4v) is 2.31. The molecule has 2 N–H and O–H groups in total. The summed E-state index contributed by atoms with van der Waals surface area (Å²) in [7, 11) is 0. The summed E-state index contributed by atoms with van der Waals surface area (Å²) in [5.74, 6) is 5.99. The predicted octanol–water partition coefficient (Wildman–Crippen LogP) is 3.61. The van der Waals surface area contributed by atoms with E-state index in [-0.39, 0.29) is 13.2 Å². The van der Waals surface area contributed by atoms with Gasteiger partial charge in [0.25, 0.3) is 0 Å². The van der Waals surface area contributed by atoms with Crippen molar-refractivity contribution < 1.29 is 14.6 Å². The number of carbonyl (C=O) groups excluding carboxylic acids is 1. The molecule has 0 aliphatic heterocycles. The van der Waals surface area contributed by atoms with E-state index in [9.17, 15) is 9.90 Å². The molecule has 0 atom stereocenters. The van der Waals surface area contributed by atoms with Gasteiger partial charge >= 0.3 is 6.09 Å². The Balaban J connectivity index is 1.70. The lowest BCUT2D eigenvalue weighted by atomic mass is 10.1. The predicted molar refractivity (Wildman–Crippen MR) is 96.2 cm³/mol. The maximum absolute atomic E-state index is 11.6. The fourth-order valence-electron chi connectivity index (χ4n) is 1.94. The third-order valence-corrected chi connectivity index (χ3v) is 3.95. The van der Waals surface area contributed by atoms with Gasteiger partial charge in [0.15, 0.2) is 0 Å². The van der Waals surface area contributed by atoms with Gasteiger partial charge in [-0.1, -0.05) is 58.1 Å². The SMILES string of the molecule is O=C(NCCC#Cc1ccc(Br)c(CO)c1)OCc1ccccc1. The standard InChI is InChI=1S/C19H18BrNO3/c20-18-10-9-15(12-17(18)13-22)6-4-5-11-21-19(23)24-14-16-7-2-1-3-8-16/h1-3,7-10,12,22H,5,11,13-14H2,(H,21,23). The van der Waals surface area contributed by atoms with Crippen LogP contribution in [0.4, 0.5) is 4.79 Å². The number of hydrogen-bond acceptors (Lipinski definition) is 3. The van der Waals surface area contributed by atoms with Gasteiger partial charge in [0, 0.05) is 23.0 Å². The molecule has 124 valence electrons. The molecule has 0 unspecified atom stereocenters. The van der Waals surface area contributed by atoms with Crippen LogP contribution in [0, 0.1) is 11.8 Å². The van der Waals surface area contributed by atoms with E-state index in [4.69, 9.17) is 4.74 Å². The molecule has 2 rings (SSSR count). The van der Waals surface area contributed by atoms with Crippen molar-refractivity contribution in [2.24, 2.45) is 0 Å². The molecule has 0 saturated carbocycles. The number of benzene rings is 2. The lowest BCUT2D eigenvalue weighted by molar-refractivity contribution is 0.140. The van der Waals surface area contributed by atoms with Crippen LogP contribution in [0.2, 0.25) is 0 Å². The third-order valence-electron chi connectivity index (χ3n) is 3.18. The smallest absolute Gasteiger partial charge is 0.407 e. The van der Waals surface area contributed by atoms with Gasteiger partial charge in [-0.3, -0.25) is 0 Å². The van der Waals surface area contributed by atoms with E-state index >= 15 is 0 Å². The van der Waals surface area contributed by atoms with E-state index in [1.165, 1.54) is 0 Å². The molecular weight excluding hydrogens is 370 g/mol. The van der Waals surface area contributed by atoms with Crippen LogP contribution in [0.25, 0.3) is 0 Å². The number of aliphatic hydroxyl groups excluding tert-OH is 1. The first kappa shape index (κ1) is 18.1. The van der Waals surface area contributed by atoms with Gasteiger partial charge in [0.1, 0.15) is 6.61 Å². The molecule has 24 heavy (non-hydrogen) atoms. The van der Waals surface area contributed by atoms with Crippen molar-refractivity contribution in [2.75, 3.05) is 6.54 Å². The number of halogens is 1. The second kappa shape index (κ2) is 9.76. The summed E-state index contributed by atoms with van der Waals surface area (Å²) < 4.78 is 5.96. The average molecular weight is 388 g/mol. The Bertz CT molecular complexity index is 735. The molecule has 0 aliphatic carbocycles. The van der Waals surface area contributed by atoms with Gasteiger partial charge in [-0.2, -0.15) is 0 Å². The number of rotatable bonds is 5. The largest absolute Gasteiger partial charge is 0.445 e. The Kier molecular flexibility index (Phi) is 7.34. The number of amides is 1. The van der Waals surface area contributed by atoms with Crippen molar-refractivity contribution >= 4 is 22.0 Å². The first-order chi connectivity index (χ1) is 11.7. The number of nitrogens with one attached hydrogen (secondary N) is 1. The summed E-state index contributed by atoms with van der Waals surface area (Å²) in [5.41, 5.74) is 2.57. The van der Waals surface area contributed by atoms with Gasteiger partial charge in [-0.25, -0.2) is 4.79 Å². The van der Waals surface area contributed by atoms with Crippen LogP contribution >= 0.6 is 15.9 Å². The zero-order valence-electron chi connectivity index (χ0n) is 13.1. The quantitative estimate of drug-likeness (QED) is 0.608. The second-order valence-corrected chi connectivity index (χ2v) is 5.86. The van der Waals surface area contributed by atoms with Crippen molar-refractivity contribution in [3.63, 3.8) is 0 Å². The second-order valence-electron chi connectivity index (χ2n) is 5.00. The molecule has 4 nitrogen and oxygen atoms in total. The first-order valence-electron chi connectivity index (χ1n) is 7.52. The normalized spacial score (nSPS) is 9.75.